The van der Waals surface area contributed by atoms with Crippen LogP contribution in [0.4, 0.5) is 5.69 Å². The van der Waals surface area contributed by atoms with E-state index in [9.17, 15) is 4.79 Å². The lowest BCUT2D eigenvalue weighted by molar-refractivity contribution is 0.0963. The lowest BCUT2D eigenvalue weighted by Crippen LogP contribution is -2.18. The van der Waals surface area contributed by atoms with Crippen molar-refractivity contribution in [2.24, 2.45) is 0 Å². The highest BCUT2D eigenvalue weighted by Crippen LogP contribution is 2.13. The van der Waals surface area contributed by atoms with Gasteiger partial charge in [-0.3, -0.25) is 9.78 Å². The number of nitrogens with zero attached hydrogens (tertiary/aromatic N) is 1. The van der Waals surface area contributed by atoms with Crippen LogP contribution < -0.4 is 10.6 Å². The molecule has 16 heavy (non-hydrogen) atoms. The van der Waals surface area contributed by atoms with E-state index in [0.717, 1.165) is 17.9 Å². The number of anilines is 1. The molecule has 0 radical (unpaired) electrons. The molecule has 0 aliphatic carbocycles. The Kier molecular flexibility index (Phi) is 4.51. The van der Waals surface area contributed by atoms with Gasteiger partial charge in [-0.25, -0.2) is 0 Å². The molecule has 0 bridgehead atoms. The maximum Gasteiger partial charge on any atom is 0.252 e. The van der Waals surface area contributed by atoms with Crippen molar-refractivity contribution in [3.05, 3.63) is 35.7 Å². The first kappa shape index (κ1) is 12.2. The quantitative estimate of drug-likeness (QED) is 0.758. The molecule has 86 valence electrons. The summed E-state index contributed by atoms with van der Waals surface area (Å²) in [5.74, 6) is -0.124. The fourth-order valence-electron chi connectivity index (χ4n) is 1.27. The van der Waals surface area contributed by atoms with Gasteiger partial charge in [0.25, 0.3) is 5.91 Å². The summed E-state index contributed by atoms with van der Waals surface area (Å²) in [6.07, 6.45) is 5.55. The number of aromatic nitrogens is 1. The average Bonchev–Trinajstić information content (AvgIpc) is 2.31. The van der Waals surface area contributed by atoms with E-state index < -0.39 is 0 Å². The van der Waals surface area contributed by atoms with E-state index in [0.29, 0.717) is 5.56 Å². The predicted molar refractivity (Wildman–Crippen MR) is 65.7 cm³/mol. The third kappa shape index (κ3) is 3.08. The second kappa shape index (κ2) is 5.90. The van der Waals surface area contributed by atoms with Crippen molar-refractivity contribution in [3.8, 4) is 0 Å². The SMILES string of the molecule is C/C=C/CNc1cc(C(=O)NC)cnc1C. The molecule has 4 nitrogen and oxygen atoms in total. The topological polar surface area (TPSA) is 54.0 Å². The van der Waals surface area contributed by atoms with Gasteiger partial charge in [0.15, 0.2) is 0 Å². The van der Waals surface area contributed by atoms with Gasteiger partial charge in [-0.05, 0) is 19.9 Å². The standard InChI is InChI=1S/C12H17N3O/c1-4-5-6-14-11-7-10(12(16)13-3)8-15-9(11)2/h4-5,7-8,14H,6H2,1-3H3,(H,13,16)/b5-4+. The van der Waals surface area contributed by atoms with Crippen LogP contribution in [0.15, 0.2) is 24.4 Å². The highest BCUT2D eigenvalue weighted by molar-refractivity contribution is 5.94. The molecule has 1 aromatic rings. The van der Waals surface area contributed by atoms with E-state index in [1.54, 1.807) is 13.2 Å². The van der Waals surface area contributed by atoms with Gasteiger partial charge >= 0.3 is 0 Å². The minimum atomic E-state index is -0.124. The van der Waals surface area contributed by atoms with Crippen LogP contribution in [0.25, 0.3) is 0 Å². The summed E-state index contributed by atoms with van der Waals surface area (Å²) in [5.41, 5.74) is 2.34. The van der Waals surface area contributed by atoms with Crippen LogP contribution in [0.2, 0.25) is 0 Å². The molecule has 1 heterocycles. The Morgan fingerprint density at radius 2 is 2.31 bits per heavy atom. The lowest BCUT2D eigenvalue weighted by Gasteiger charge is -2.08. The zero-order valence-corrected chi connectivity index (χ0v) is 9.87. The van der Waals surface area contributed by atoms with Gasteiger partial charge in [-0.2, -0.15) is 0 Å². The Balaban J connectivity index is 2.86. The molecule has 0 atom stereocenters. The second-order valence-electron chi connectivity index (χ2n) is 3.39. The third-order valence-electron chi connectivity index (χ3n) is 2.22. The maximum absolute atomic E-state index is 11.4. The molecule has 0 unspecified atom stereocenters. The van der Waals surface area contributed by atoms with Crippen LogP contribution in [-0.2, 0) is 0 Å². The van der Waals surface area contributed by atoms with E-state index in [1.165, 1.54) is 0 Å². The van der Waals surface area contributed by atoms with Gasteiger partial charge in [-0.15, -0.1) is 0 Å². The number of nitrogens with one attached hydrogen (secondary N) is 2. The summed E-state index contributed by atoms with van der Waals surface area (Å²) in [5, 5.41) is 5.78. The number of aryl methyl sites for hydroxylation is 1. The Bertz CT molecular complexity index is 399. The fourth-order valence-corrected chi connectivity index (χ4v) is 1.27. The largest absolute Gasteiger partial charge is 0.380 e. The van der Waals surface area contributed by atoms with E-state index in [4.69, 9.17) is 0 Å². The van der Waals surface area contributed by atoms with Gasteiger partial charge in [0.1, 0.15) is 0 Å². The van der Waals surface area contributed by atoms with E-state index in [1.807, 2.05) is 32.1 Å². The smallest absolute Gasteiger partial charge is 0.252 e. The Hall–Kier alpha value is -1.84. The molecule has 1 rings (SSSR count). The number of hydrogen-bond donors (Lipinski definition) is 2. The predicted octanol–water partition coefficient (Wildman–Crippen LogP) is 1.74. The minimum Gasteiger partial charge on any atom is -0.380 e. The monoisotopic (exact) mass is 219 g/mol. The number of pyridine rings is 1. The van der Waals surface area contributed by atoms with Crippen LogP contribution in [0.3, 0.4) is 0 Å². The summed E-state index contributed by atoms with van der Waals surface area (Å²) in [6, 6.07) is 1.81. The van der Waals surface area contributed by atoms with Crippen molar-refractivity contribution < 1.29 is 4.79 Å². The van der Waals surface area contributed by atoms with Crippen LogP contribution in [0, 0.1) is 6.92 Å². The molecule has 0 aliphatic heterocycles. The number of rotatable bonds is 4. The molecular formula is C12H17N3O. The first-order valence-electron chi connectivity index (χ1n) is 5.22. The molecule has 0 saturated heterocycles. The zero-order chi connectivity index (χ0) is 12.0. The van der Waals surface area contributed by atoms with Gasteiger partial charge in [0.2, 0.25) is 0 Å². The molecule has 2 N–H and O–H groups in total. The summed E-state index contributed by atoms with van der Waals surface area (Å²) in [6.45, 7) is 4.61. The van der Waals surface area contributed by atoms with Gasteiger partial charge in [0.05, 0.1) is 16.9 Å². The van der Waals surface area contributed by atoms with E-state index >= 15 is 0 Å². The van der Waals surface area contributed by atoms with Crippen molar-refractivity contribution in [2.75, 3.05) is 18.9 Å². The first-order chi connectivity index (χ1) is 7.69. The number of carbonyl (C=O) groups is 1. The van der Waals surface area contributed by atoms with Crippen LogP contribution in [-0.4, -0.2) is 24.5 Å². The Morgan fingerprint density at radius 1 is 1.56 bits per heavy atom. The molecule has 0 aliphatic rings. The number of amides is 1. The zero-order valence-electron chi connectivity index (χ0n) is 9.87. The maximum atomic E-state index is 11.4. The Morgan fingerprint density at radius 3 is 2.94 bits per heavy atom. The van der Waals surface area contributed by atoms with Crippen molar-refractivity contribution in [3.63, 3.8) is 0 Å². The second-order valence-corrected chi connectivity index (χ2v) is 3.39. The highest BCUT2D eigenvalue weighted by atomic mass is 16.1. The molecule has 0 fully saturated rings. The summed E-state index contributed by atoms with van der Waals surface area (Å²) < 4.78 is 0. The molecule has 1 amide bonds. The molecular weight excluding hydrogens is 202 g/mol. The highest BCUT2D eigenvalue weighted by Gasteiger charge is 2.06. The lowest BCUT2D eigenvalue weighted by atomic mass is 10.2. The summed E-state index contributed by atoms with van der Waals surface area (Å²) >= 11 is 0. The fraction of sp³-hybridized carbons (Fsp3) is 0.333. The van der Waals surface area contributed by atoms with E-state index in [-0.39, 0.29) is 5.91 Å². The van der Waals surface area contributed by atoms with Crippen LogP contribution in [0.1, 0.15) is 23.0 Å². The number of carbonyl (C=O) groups excluding carboxylic acids is 1. The number of allylic oxidation sites excluding steroid dienone is 1. The van der Waals surface area contributed by atoms with Crippen molar-refractivity contribution in [1.29, 1.82) is 0 Å². The average molecular weight is 219 g/mol. The summed E-state index contributed by atoms with van der Waals surface area (Å²) in [7, 11) is 1.61. The first-order valence-corrected chi connectivity index (χ1v) is 5.22. The molecule has 0 saturated carbocycles. The molecule has 0 aromatic carbocycles. The van der Waals surface area contributed by atoms with Gasteiger partial charge in [0, 0.05) is 19.8 Å². The van der Waals surface area contributed by atoms with Crippen molar-refractivity contribution in [1.82, 2.24) is 10.3 Å². The minimum absolute atomic E-state index is 0.124. The molecule has 0 spiro atoms. The third-order valence-corrected chi connectivity index (χ3v) is 2.22. The van der Waals surface area contributed by atoms with Gasteiger partial charge in [-0.1, -0.05) is 12.2 Å². The van der Waals surface area contributed by atoms with Crippen molar-refractivity contribution >= 4 is 11.6 Å². The van der Waals surface area contributed by atoms with Crippen molar-refractivity contribution in [2.45, 2.75) is 13.8 Å². The number of hydrogen-bond acceptors (Lipinski definition) is 3. The van der Waals surface area contributed by atoms with Crippen LogP contribution in [0.5, 0.6) is 0 Å². The van der Waals surface area contributed by atoms with E-state index in [2.05, 4.69) is 15.6 Å². The van der Waals surface area contributed by atoms with Gasteiger partial charge < -0.3 is 10.6 Å². The normalized spacial score (nSPS) is 10.4. The summed E-state index contributed by atoms with van der Waals surface area (Å²) in [4.78, 5) is 15.6. The molecule has 4 heteroatoms. The Labute approximate surface area is 95.8 Å². The molecule has 1 aromatic heterocycles. The van der Waals surface area contributed by atoms with Crippen LogP contribution >= 0.6 is 0 Å².